The summed E-state index contributed by atoms with van der Waals surface area (Å²) in [6, 6.07) is 0. The predicted molar refractivity (Wildman–Crippen MR) is 52.3 cm³/mol. The Morgan fingerprint density at radius 3 is 3.08 bits per heavy atom. The lowest BCUT2D eigenvalue weighted by Crippen LogP contribution is -2.19. The fraction of sp³-hybridized carbons (Fsp3) is 0.700. The summed E-state index contributed by atoms with van der Waals surface area (Å²) in [6.07, 6.45) is 7.72. The molecular formula is C10H17N3. The monoisotopic (exact) mass is 179 g/mol. The molecule has 72 valence electrons. The molecule has 0 spiro atoms. The van der Waals surface area contributed by atoms with E-state index in [1.807, 2.05) is 12.4 Å². The minimum atomic E-state index is 0.602. The van der Waals surface area contributed by atoms with E-state index in [1.54, 1.807) is 0 Å². The topological polar surface area (TPSA) is 43.8 Å². The van der Waals surface area contributed by atoms with Gasteiger partial charge in [-0.1, -0.05) is 6.42 Å². The first kappa shape index (κ1) is 8.75. The van der Waals surface area contributed by atoms with Gasteiger partial charge < -0.3 is 10.3 Å². The number of rotatable bonds is 2. The fourth-order valence-corrected chi connectivity index (χ4v) is 2.39. The van der Waals surface area contributed by atoms with Crippen molar-refractivity contribution in [1.29, 1.82) is 0 Å². The Morgan fingerprint density at radius 1 is 1.62 bits per heavy atom. The maximum atomic E-state index is 5.74. The number of imidazole rings is 1. The summed E-state index contributed by atoms with van der Waals surface area (Å²) in [6.45, 7) is 0.803. The second kappa shape index (κ2) is 3.50. The number of nitrogens with two attached hydrogens (primary N) is 1. The van der Waals surface area contributed by atoms with Gasteiger partial charge in [0.2, 0.25) is 0 Å². The van der Waals surface area contributed by atoms with Gasteiger partial charge in [-0.25, -0.2) is 4.98 Å². The zero-order valence-corrected chi connectivity index (χ0v) is 8.11. The van der Waals surface area contributed by atoms with Gasteiger partial charge in [0.25, 0.3) is 0 Å². The van der Waals surface area contributed by atoms with Crippen LogP contribution in [0.1, 0.15) is 31.0 Å². The van der Waals surface area contributed by atoms with Crippen molar-refractivity contribution in [2.45, 2.75) is 25.2 Å². The molecule has 1 fully saturated rings. The smallest absolute Gasteiger partial charge is 0.111 e. The normalized spacial score (nSPS) is 28.2. The Kier molecular flexibility index (Phi) is 2.36. The molecule has 1 aliphatic rings. The molecule has 2 rings (SSSR count). The lowest BCUT2D eigenvalue weighted by Gasteiger charge is -2.17. The Morgan fingerprint density at radius 2 is 2.46 bits per heavy atom. The highest BCUT2D eigenvalue weighted by atomic mass is 15.0. The molecule has 1 aliphatic carbocycles. The third kappa shape index (κ3) is 1.48. The maximum absolute atomic E-state index is 5.74. The van der Waals surface area contributed by atoms with Crippen molar-refractivity contribution < 1.29 is 0 Å². The number of hydrogen-bond donors (Lipinski definition) is 1. The molecule has 1 heterocycles. The van der Waals surface area contributed by atoms with Crippen molar-refractivity contribution in [3.63, 3.8) is 0 Å². The zero-order valence-electron chi connectivity index (χ0n) is 8.11. The predicted octanol–water partition coefficient (Wildman–Crippen LogP) is 1.26. The van der Waals surface area contributed by atoms with Crippen LogP contribution in [0.15, 0.2) is 12.4 Å². The van der Waals surface area contributed by atoms with Gasteiger partial charge in [0.05, 0.1) is 0 Å². The van der Waals surface area contributed by atoms with Crippen LogP contribution in [0.5, 0.6) is 0 Å². The molecule has 3 nitrogen and oxygen atoms in total. The van der Waals surface area contributed by atoms with E-state index in [0.717, 1.165) is 6.54 Å². The lowest BCUT2D eigenvalue weighted by molar-refractivity contribution is 0.467. The summed E-state index contributed by atoms with van der Waals surface area (Å²) >= 11 is 0. The van der Waals surface area contributed by atoms with Gasteiger partial charge in [0.15, 0.2) is 0 Å². The van der Waals surface area contributed by atoms with Crippen LogP contribution in [0, 0.1) is 5.92 Å². The summed E-state index contributed by atoms with van der Waals surface area (Å²) < 4.78 is 2.12. The van der Waals surface area contributed by atoms with Gasteiger partial charge in [-0.15, -0.1) is 0 Å². The molecule has 2 unspecified atom stereocenters. The van der Waals surface area contributed by atoms with Gasteiger partial charge in [-0.3, -0.25) is 0 Å². The van der Waals surface area contributed by atoms with Crippen LogP contribution in [0.3, 0.4) is 0 Å². The van der Waals surface area contributed by atoms with Crippen LogP contribution in [0.4, 0.5) is 0 Å². The van der Waals surface area contributed by atoms with Crippen molar-refractivity contribution in [3.8, 4) is 0 Å². The molecule has 3 heteroatoms. The SMILES string of the molecule is Cn1ccnc1C1CCCC1CN. The third-order valence-corrected chi connectivity index (χ3v) is 3.15. The van der Waals surface area contributed by atoms with E-state index < -0.39 is 0 Å². The number of aryl methyl sites for hydroxylation is 1. The summed E-state index contributed by atoms with van der Waals surface area (Å²) in [7, 11) is 2.06. The Labute approximate surface area is 79.0 Å². The maximum Gasteiger partial charge on any atom is 0.111 e. The van der Waals surface area contributed by atoms with Gasteiger partial charge in [-0.05, 0) is 25.3 Å². The van der Waals surface area contributed by atoms with Crippen LogP contribution in [-0.2, 0) is 7.05 Å². The van der Waals surface area contributed by atoms with E-state index in [-0.39, 0.29) is 0 Å². The van der Waals surface area contributed by atoms with E-state index >= 15 is 0 Å². The summed E-state index contributed by atoms with van der Waals surface area (Å²) in [4.78, 5) is 4.40. The molecule has 1 aromatic rings. The molecule has 2 atom stereocenters. The highest BCUT2D eigenvalue weighted by Crippen LogP contribution is 2.37. The van der Waals surface area contributed by atoms with Gasteiger partial charge in [-0.2, -0.15) is 0 Å². The largest absolute Gasteiger partial charge is 0.338 e. The Balaban J connectivity index is 2.20. The van der Waals surface area contributed by atoms with Crippen molar-refractivity contribution in [2.75, 3.05) is 6.54 Å². The van der Waals surface area contributed by atoms with Crippen LogP contribution in [0.2, 0.25) is 0 Å². The fourth-order valence-electron chi connectivity index (χ4n) is 2.39. The minimum Gasteiger partial charge on any atom is -0.338 e. The molecule has 0 amide bonds. The second-order valence-electron chi connectivity index (χ2n) is 3.93. The highest BCUT2D eigenvalue weighted by Gasteiger charge is 2.29. The van der Waals surface area contributed by atoms with Crippen LogP contribution < -0.4 is 5.73 Å². The molecule has 1 aromatic heterocycles. The van der Waals surface area contributed by atoms with Crippen LogP contribution >= 0.6 is 0 Å². The molecule has 2 N–H and O–H groups in total. The van der Waals surface area contributed by atoms with Gasteiger partial charge in [0.1, 0.15) is 5.82 Å². The Hall–Kier alpha value is -0.830. The Bertz CT molecular complexity index is 279. The number of nitrogens with zero attached hydrogens (tertiary/aromatic N) is 2. The number of hydrogen-bond acceptors (Lipinski definition) is 2. The lowest BCUT2D eigenvalue weighted by atomic mass is 9.95. The van der Waals surface area contributed by atoms with Crippen LogP contribution in [0.25, 0.3) is 0 Å². The molecular weight excluding hydrogens is 162 g/mol. The van der Waals surface area contributed by atoms with E-state index in [9.17, 15) is 0 Å². The number of aromatic nitrogens is 2. The minimum absolute atomic E-state index is 0.602. The second-order valence-corrected chi connectivity index (χ2v) is 3.93. The standard InChI is InChI=1S/C10H17N3/c1-13-6-5-12-10(13)9-4-2-3-8(9)7-11/h5-6,8-9H,2-4,7,11H2,1H3. The summed E-state index contributed by atoms with van der Waals surface area (Å²) in [5, 5.41) is 0. The van der Waals surface area contributed by atoms with Crippen LogP contribution in [-0.4, -0.2) is 16.1 Å². The third-order valence-electron chi connectivity index (χ3n) is 3.15. The van der Waals surface area contributed by atoms with E-state index in [4.69, 9.17) is 5.73 Å². The van der Waals surface area contributed by atoms with Crippen molar-refractivity contribution in [1.82, 2.24) is 9.55 Å². The molecule has 13 heavy (non-hydrogen) atoms. The van der Waals surface area contributed by atoms with Crippen molar-refractivity contribution in [3.05, 3.63) is 18.2 Å². The molecule has 0 aromatic carbocycles. The van der Waals surface area contributed by atoms with E-state index in [0.29, 0.717) is 11.8 Å². The first-order chi connectivity index (χ1) is 6.33. The first-order valence-corrected chi connectivity index (χ1v) is 5.00. The zero-order chi connectivity index (χ0) is 9.26. The van der Waals surface area contributed by atoms with Crippen molar-refractivity contribution in [2.24, 2.45) is 18.7 Å². The first-order valence-electron chi connectivity index (χ1n) is 5.00. The van der Waals surface area contributed by atoms with E-state index in [2.05, 4.69) is 16.6 Å². The molecule has 0 aliphatic heterocycles. The quantitative estimate of drug-likeness (QED) is 0.742. The van der Waals surface area contributed by atoms with E-state index in [1.165, 1.54) is 25.1 Å². The molecule has 1 saturated carbocycles. The molecule has 0 saturated heterocycles. The van der Waals surface area contributed by atoms with Gasteiger partial charge >= 0.3 is 0 Å². The van der Waals surface area contributed by atoms with Crippen molar-refractivity contribution >= 4 is 0 Å². The molecule has 0 radical (unpaired) electrons. The average Bonchev–Trinajstić information content (AvgIpc) is 2.71. The summed E-state index contributed by atoms with van der Waals surface area (Å²) in [5.74, 6) is 2.47. The highest BCUT2D eigenvalue weighted by molar-refractivity contribution is 5.04. The van der Waals surface area contributed by atoms with Gasteiger partial charge in [0, 0.05) is 25.4 Å². The summed E-state index contributed by atoms with van der Waals surface area (Å²) in [5.41, 5.74) is 5.74. The average molecular weight is 179 g/mol. The molecule has 0 bridgehead atoms.